The summed E-state index contributed by atoms with van der Waals surface area (Å²) < 4.78 is 12.0. The number of hydrogen-bond donors (Lipinski definition) is 3. The lowest BCUT2D eigenvalue weighted by Gasteiger charge is -2.21. The van der Waals surface area contributed by atoms with Crippen LogP contribution in [0, 0.1) is 0 Å². The van der Waals surface area contributed by atoms with Gasteiger partial charge in [0.05, 0.1) is 12.8 Å². The second-order valence-electron chi connectivity index (χ2n) is 8.20. The lowest BCUT2D eigenvalue weighted by atomic mass is 9.98. The van der Waals surface area contributed by atoms with E-state index in [1.165, 1.54) is 24.2 Å². The van der Waals surface area contributed by atoms with Gasteiger partial charge in [-0.25, -0.2) is 9.59 Å². The highest BCUT2D eigenvalue weighted by Crippen LogP contribution is 2.44. The van der Waals surface area contributed by atoms with Crippen LogP contribution in [-0.4, -0.2) is 59.2 Å². The Kier molecular flexibility index (Phi) is 7.11. The molecule has 1 aromatic heterocycles. The van der Waals surface area contributed by atoms with Crippen molar-refractivity contribution in [1.82, 2.24) is 20.4 Å². The zero-order valence-corrected chi connectivity index (χ0v) is 19.3. The van der Waals surface area contributed by atoms with Crippen LogP contribution < -0.4 is 10.6 Å². The van der Waals surface area contributed by atoms with Gasteiger partial charge in [-0.2, -0.15) is 5.10 Å². The summed E-state index contributed by atoms with van der Waals surface area (Å²) in [7, 11) is 3.01. The van der Waals surface area contributed by atoms with Crippen molar-refractivity contribution in [2.24, 2.45) is 7.05 Å². The predicted octanol–water partition coefficient (Wildman–Crippen LogP) is 2.22. The first kappa shape index (κ1) is 24.0. The van der Waals surface area contributed by atoms with Crippen LogP contribution >= 0.6 is 0 Å². The van der Waals surface area contributed by atoms with Crippen LogP contribution in [0.25, 0.3) is 11.1 Å². The summed E-state index contributed by atoms with van der Waals surface area (Å²) in [6.07, 6.45) is 2.03. The number of ether oxygens (including phenoxy) is 2. The molecule has 2 amide bonds. The lowest BCUT2D eigenvalue weighted by molar-refractivity contribution is -0.142. The van der Waals surface area contributed by atoms with E-state index in [-0.39, 0.29) is 19.1 Å². The molecule has 0 saturated carbocycles. The quantitative estimate of drug-likeness (QED) is 0.430. The molecule has 2 atom stereocenters. The molecule has 3 aromatic rings. The summed E-state index contributed by atoms with van der Waals surface area (Å²) in [5.41, 5.74) is 4.63. The fourth-order valence-corrected chi connectivity index (χ4v) is 4.25. The number of carbonyl (C=O) groups excluding carboxylic acids is 2. The molecule has 1 heterocycles. The van der Waals surface area contributed by atoms with Crippen LogP contribution in [0.1, 0.15) is 28.7 Å². The van der Waals surface area contributed by atoms with Crippen molar-refractivity contribution < 1.29 is 29.0 Å². The average molecular weight is 479 g/mol. The molecule has 0 radical (unpaired) electrons. The van der Waals surface area contributed by atoms with E-state index in [1.807, 2.05) is 48.5 Å². The van der Waals surface area contributed by atoms with Crippen molar-refractivity contribution in [3.8, 4) is 11.1 Å². The third kappa shape index (κ3) is 5.17. The molecular weight excluding hydrogens is 452 g/mol. The minimum atomic E-state index is -1.33. The van der Waals surface area contributed by atoms with Crippen LogP contribution in [0.5, 0.6) is 0 Å². The van der Waals surface area contributed by atoms with Gasteiger partial charge in [0.2, 0.25) is 5.91 Å². The first-order chi connectivity index (χ1) is 16.9. The first-order valence-corrected chi connectivity index (χ1v) is 11.0. The number of fused-ring (bicyclic) bond motifs is 3. The van der Waals surface area contributed by atoms with E-state index < -0.39 is 30.1 Å². The smallest absolute Gasteiger partial charge is 0.407 e. The van der Waals surface area contributed by atoms with Crippen molar-refractivity contribution in [1.29, 1.82) is 0 Å². The van der Waals surface area contributed by atoms with E-state index in [4.69, 9.17) is 9.47 Å². The van der Waals surface area contributed by atoms with Crippen molar-refractivity contribution in [3.05, 3.63) is 77.6 Å². The Hall–Kier alpha value is -4.18. The van der Waals surface area contributed by atoms with Crippen molar-refractivity contribution in [2.45, 2.75) is 18.0 Å². The summed E-state index contributed by atoms with van der Waals surface area (Å²) >= 11 is 0. The molecule has 1 aliphatic rings. The Morgan fingerprint density at radius 1 is 1.06 bits per heavy atom. The Bertz CT molecular complexity index is 1190. The maximum Gasteiger partial charge on any atom is 0.407 e. The molecule has 10 heteroatoms. The Balaban J connectivity index is 1.41. The van der Waals surface area contributed by atoms with Crippen molar-refractivity contribution in [2.75, 3.05) is 20.3 Å². The van der Waals surface area contributed by atoms with Gasteiger partial charge in [-0.3, -0.25) is 9.48 Å². The molecule has 0 spiro atoms. The molecule has 2 aromatic carbocycles. The summed E-state index contributed by atoms with van der Waals surface area (Å²) in [6, 6.07) is 13.4. The van der Waals surface area contributed by atoms with E-state index in [9.17, 15) is 19.5 Å². The number of aryl methyl sites for hydroxylation is 1. The molecule has 0 saturated heterocycles. The highest BCUT2D eigenvalue weighted by Gasteiger charge is 2.31. The molecule has 0 fully saturated rings. The molecule has 0 bridgehead atoms. The van der Waals surface area contributed by atoms with Gasteiger partial charge in [0, 0.05) is 31.8 Å². The Labute approximate surface area is 201 Å². The summed E-state index contributed by atoms with van der Waals surface area (Å²) in [4.78, 5) is 37.1. The summed E-state index contributed by atoms with van der Waals surface area (Å²) in [6.45, 7) is -0.0932. The van der Waals surface area contributed by atoms with Gasteiger partial charge in [0.1, 0.15) is 12.6 Å². The lowest BCUT2D eigenvalue weighted by Crippen LogP contribution is -2.51. The van der Waals surface area contributed by atoms with Crippen molar-refractivity contribution >= 4 is 18.0 Å². The van der Waals surface area contributed by atoms with Crippen molar-refractivity contribution in [3.63, 3.8) is 0 Å². The molecular formula is C25H26N4O6. The largest absolute Gasteiger partial charge is 0.479 e. The van der Waals surface area contributed by atoms with E-state index in [0.29, 0.717) is 5.56 Å². The SMILES string of the molecule is COC[C@H](NC(=O)OCC1c2ccccc2-c2ccccc21)C(=O)NC(C(=O)O)c1cnn(C)c1. The van der Waals surface area contributed by atoms with E-state index in [2.05, 4.69) is 15.7 Å². The Morgan fingerprint density at radius 3 is 2.23 bits per heavy atom. The zero-order valence-electron chi connectivity index (χ0n) is 19.3. The third-order valence-corrected chi connectivity index (χ3v) is 5.88. The number of benzene rings is 2. The molecule has 4 rings (SSSR count). The number of carboxylic acid groups (broad SMARTS) is 1. The molecule has 35 heavy (non-hydrogen) atoms. The molecule has 182 valence electrons. The topological polar surface area (TPSA) is 132 Å². The third-order valence-electron chi connectivity index (χ3n) is 5.88. The van der Waals surface area contributed by atoms with Gasteiger partial charge in [0.25, 0.3) is 0 Å². The summed E-state index contributed by atoms with van der Waals surface area (Å²) in [5.74, 6) is -2.12. The molecule has 0 aliphatic heterocycles. The van der Waals surface area contributed by atoms with Gasteiger partial charge in [-0.15, -0.1) is 0 Å². The van der Waals surface area contributed by atoms with Gasteiger partial charge in [0.15, 0.2) is 6.04 Å². The zero-order chi connectivity index (χ0) is 24.9. The number of hydrogen-bond acceptors (Lipinski definition) is 6. The molecule has 1 aliphatic carbocycles. The second kappa shape index (κ2) is 10.4. The number of aromatic nitrogens is 2. The van der Waals surface area contributed by atoms with E-state index >= 15 is 0 Å². The number of methoxy groups -OCH3 is 1. The number of rotatable bonds is 9. The number of nitrogens with one attached hydrogen (secondary N) is 2. The minimum absolute atomic E-state index is 0.0780. The maximum atomic E-state index is 12.8. The van der Waals surface area contributed by atoms with E-state index in [1.54, 1.807) is 7.05 Å². The predicted molar refractivity (Wildman–Crippen MR) is 126 cm³/mol. The number of aliphatic carboxylic acids is 1. The van der Waals surface area contributed by atoms with Crippen LogP contribution in [0.2, 0.25) is 0 Å². The number of carboxylic acids is 1. The fourth-order valence-electron chi connectivity index (χ4n) is 4.25. The molecule has 10 nitrogen and oxygen atoms in total. The highest BCUT2D eigenvalue weighted by molar-refractivity contribution is 5.90. The van der Waals surface area contributed by atoms with E-state index in [0.717, 1.165) is 22.3 Å². The van der Waals surface area contributed by atoms with Crippen LogP contribution in [-0.2, 0) is 26.1 Å². The summed E-state index contributed by atoms with van der Waals surface area (Å²) in [5, 5.41) is 18.4. The van der Waals surface area contributed by atoms with Crippen LogP contribution in [0.3, 0.4) is 0 Å². The minimum Gasteiger partial charge on any atom is -0.479 e. The van der Waals surface area contributed by atoms with Gasteiger partial charge in [-0.1, -0.05) is 48.5 Å². The van der Waals surface area contributed by atoms with Gasteiger partial charge < -0.3 is 25.2 Å². The maximum absolute atomic E-state index is 12.8. The molecule has 3 N–H and O–H groups in total. The fraction of sp³-hybridized carbons (Fsp3) is 0.280. The number of carbonyl (C=O) groups is 3. The van der Waals surface area contributed by atoms with Gasteiger partial charge >= 0.3 is 12.1 Å². The number of alkyl carbamates (subject to hydrolysis) is 1. The number of amides is 2. The standard InChI is InChI=1S/C25H26N4O6/c1-29-12-15(11-26-29)22(24(31)32)28-23(30)21(14-34-2)27-25(33)35-13-20-18-9-5-3-7-16(18)17-8-4-6-10-19(17)20/h3-12,20-22H,13-14H2,1-2H3,(H,27,33)(H,28,30)(H,31,32)/t21-,22?/m0/s1. The monoisotopic (exact) mass is 478 g/mol. The average Bonchev–Trinajstić information content (AvgIpc) is 3.41. The number of nitrogens with zero attached hydrogens (tertiary/aromatic N) is 2. The molecule has 1 unspecified atom stereocenters. The van der Waals surface area contributed by atoms with Crippen LogP contribution in [0.15, 0.2) is 60.9 Å². The normalized spacial score (nSPS) is 13.9. The second-order valence-corrected chi connectivity index (χ2v) is 8.20. The Morgan fingerprint density at radius 2 is 1.69 bits per heavy atom. The first-order valence-electron chi connectivity index (χ1n) is 11.0. The van der Waals surface area contributed by atoms with Gasteiger partial charge in [-0.05, 0) is 22.3 Å². The van der Waals surface area contributed by atoms with Crippen LogP contribution in [0.4, 0.5) is 4.79 Å². The highest BCUT2D eigenvalue weighted by atomic mass is 16.5.